The average molecular weight is 253 g/mol. The van der Waals surface area contributed by atoms with Gasteiger partial charge >= 0.3 is 0 Å². The largest absolute Gasteiger partial charge is 0.397 e. The molecule has 0 aliphatic heterocycles. The van der Waals surface area contributed by atoms with Crippen LogP contribution in [0.3, 0.4) is 0 Å². The van der Waals surface area contributed by atoms with Gasteiger partial charge in [0.1, 0.15) is 0 Å². The fourth-order valence-corrected chi connectivity index (χ4v) is 2.67. The number of rotatable bonds is 4. The maximum atomic E-state index is 5.95. The highest BCUT2D eigenvalue weighted by Gasteiger charge is 2.06. The number of hydrogen-bond donors (Lipinski definition) is 2. The van der Waals surface area contributed by atoms with Gasteiger partial charge in [-0.15, -0.1) is 0 Å². The molecule has 3 N–H and O–H groups in total. The Balaban J connectivity index is 1.75. The molecule has 3 nitrogen and oxygen atoms in total. The number of anilines is 2. The number of hydrogen-bond acceptors (Lipinski definition) is 3. The summed E-state index contributed by atoms with van der Waals surface area (Å²) in [5.74, 6) is 0. The highest BCUT2D eigenvalue weighted by Crippen LogP contribution is 2.27. The first-order valence-corrected chi connectivity index (χ1v) is 6.89. The lowest BCUT2D eigenvalue weighted by molar-refractivity contribution is 0.864. The summed E-state index contributed by atoms with van der Waals surface area (Å²) in [6.45, 7) is 0.972. The van der Waals surface area contributed by atoms with E-state index in [9.17, 15) is 0 Å². The van der Waals surface area contributed by atoms with Gasteiger partial charge in [0, 0.05) is 23.8 Å². The third-order valence-corrected chi connectivity index (χ3v) is 3.70. The van der Waals surface area contributed by atoms with Crippen LogP contribution < -0.4 is 11.1 Å². The number of nitrogens with one attached hydrogen (secondary N) is 1. The van der Waals surface area contributed by atoms with Crippen LogP contribution in [0, 0.1) is 0 Å². The van der Waals surface area contributed by atoms with E-state index in [0.29, 0.717) is 0 Å². The molecule has 0 unspecified atom stereocenters. The zero-order valence-corrected chi connectivity index (χ0v) is 11.0. The van der Waals surface area contributed by atoms with Gasteiger partial charge in [-0.25, -0.2) is 0 Å². The molecule has 1 aliphatic carbocycles. The van der Waals surface area contributed by atoms with Crippen molar-refractivity contribution in [2.45, 2.75) is 25.7 Å². The van der Waals surface area contributed by atoms with E-state index in [1.807, 2.05) is 18.2 Å². The minimum Gasteiger partial charge on any atom is -0.397 e. The van der Waals surface area contributed by atoms with E-state index in [4.69, 9.17) is 5.73 Å². The molecule has 0 atom stereocenters. The molecule has 0 amide bonds. The Morgan fingerprint density at radius 3 is 3.05 bits per heavy atom. The maximum Gasteiger partial charge on any atom is 0.0951 e. The van der Waals surface area contributed by atoms with E-state index in [-0.39, 0.29) is 0 Å². The summed E-state index contributed by atoms with van der Waals surface area (Å²) >= 11 is 0. The quantitative estimate of drug-likeness (QED) is 0.645. The third kappa shape index (κ3) is 2.55. The van der Waals surface area contributed by atoms with E-state index < -0.39 is 0 Å². The molecule has 0 saturated heterocycles. The van der Waals surface area contributed by atoms with Gasteiger partial charge in [0.05, 0.1) is 11.2 Å². The van der Waals surface area contributed by atoms with E-state index in [2.05, 4.69) is 22.4 Å². The second kappa shape index (κ2) is 5.31. The monoisotopic (exact) mass is 253 g/mol. The van der Waals surface area contributed by atoms with Crippen molar-refractivity contribution in [2.75, 3.05) is 17.6 Å². The van der Waals surface area contributed by atoms with Crippen LogP contribution in [0.15, 0.2) is 42.1 Å². The summed E-state index contributed by atoms with van der Waals surface area (Å²) in [4.78, 5) is 4.35. The van der Waals surface area contributed by atoms with Crippen LogP contribution in [-0.2, 0) is 0 Å². The maximum absolute atomic E-state index is 5.95. The lowest BCUT2D eigenvalue weighted by atomic mass is 10.1. The molecular formula is C16H19N3. The molecule has 1 aromatic carbocycles. The molecule has 3 heteroatoms. The molecule has 0 spiro atoms. The van der Waals surface area contributed by atoms with Crippen molar-refractivity contribution in [1.82, 2.24) is 4.98 Å². The van der Waals surface area contributed by atoms with Crippen LogP contribution in [0.25, 0.3) is 10.9 Å². The lowest BCUT2D eigenvalue weighted by Crippen LogP contribution is -2.03. The predicted octanol–water partition coefficient (Wildman–Crippen LogP) is 3.73. The summed E-state index contributed by atoms with van der Waals surface area (Å²) in [5, 5.41) is 4.61. The lowest BCUT2D eigenvalue weighted by Gasteiger charge is -2.11. The molecule has 19 heavy (non-hydrogen) atoms. The molecule has 0 bridgehead atoms. The SMILES string of the molecule is Nc1ccc(NCCC2=CCCC2)c2cccnc12. The number of aromatic nitrogens is 1. The number of nitrogens with two attached hydrogens (primary N) is 1. The number of nitrogens with zero attached hydrogens (tertiary/aromatic N) is 1. The molecule has 3 rings (SSSR count). The van der Waals surface area contributed by atoms with E-state index in [0.717, 1.165) is 35.2 Å². The van der Waals surface area contributed by atoms with Gasteiger partial charge in [0.15, 0.2) is 0 Å². The fourth-order valence-electron chi connectivity index (χ4n) is 2.67. The highest BCUT2D eigenvalue weighted by atomic mass is 14.9. The first-order chi connectivity index (χ1) is 9.34. The van der Waals surface area contributed by atoms with Crippen LogP contribution in [-0.4, -0.2) is 11.5 Å². The third-order valence-electron chi connectivity index (χ3n) is 3.70. The summed E-state index contributed by atoms with van der Waals surface area (Å²) in [6, 6.07) is 7.98. The molecule has 2 aromatic rings. The molecule has 1 aromatic heterocycles. The van der Waals surface area contributed by atoms with Gasteiger partial charge in [-0.1, -0.05) is 11.6 Å². The smallest absolute Gasteiger partial charge is 0.0951 e. The Hall–Kier alpha value is -2.03. The van der Waals surface area contributed by atoms with Gasteiger partial charge < -0.3 is 11.1 Å². The van der Waals surface area contributed by atoms with Crippen LogP contribution >= 0.6 is 0 Å². The number of allylic oxidation sites excluding steroid dienone is 1. The Bertz CT molecular complexity index is 616. The fraction of sp³-hybridized carbons (Fsp3) is 0.312. The first kappa shape index (κ1) is 12.0. The highest BCUT2D eigenvalue weighted by molar-refractivity contribution is 5.98. The van der Waals surface area contributed by atoms with E-state index >= 15 is 0 Å². The van der Waals surface area contributed by atoms with Crippen molar-refractivity contribution < 1.29 is 0 Å². The van der Waals surface area contributed by atoms with E-state index in [1.54, 1.807) is 11.8 Å². The minimum atomic E-state index is 0.736. The molecule has 0 radical (unpaired) electrons. The molecule has 0 fully saturated rings. The average Bonchev–Trinajstić information content (AvgIpc) is 2.95. The van der Waals surface area contributed by atoms with Gasteiger partial charge in [0.25, 0.3) is 0 Å². The van der Waals surface area contributed by atoms with Crippen molar-refractivity contribution in [3.63, 3.8) is 0 Å². The Morgan fingerprint density at radius 1 is 1.26 bits per heavy atom. The van der Waals surface area contributed by atoms with Crippen molar-refractivity contribution in [3.8, 4) is 0 Å². The standard InChI is InChI=1S/C16H19N3/c17-14-7-8-15(13-6-3-10-19-16(13)14)18-11-9-12-4-1-2-5-12/h3-4,6-8,10,18H,1-2,5,9,11,17H2. The van der Waals surface area contributed by atoms with Crippen molar-refractivity contribution in [3.05, 3.63) is 42.1 Å². The number of pyridine rings is 1. The second-order valence-corrected chi connectivity index (χ2v) is 5.03. The zero-order valence-electron chi connectivity index (χ0n) is 11.0. The van der Waals surface area contributed by atoms with Crippen molar-refractivity contribution in [1.29, 1.82) is 0 Å². The summed E-state index contributed by atoms with van der Waals surface area (Å²) < 4.78 is 0. The summed E-state index contributed by atoms with van der Waals surface area (Å²) in [5.41, 5.74) is 10.3. The summed E-state index contributed by atoms with van der Waals surface area (Å²) in [7, 11) is 0. The van der Waals surface area contributed by atoms with Crippen LogP contribution in [0.1, 0.15) is 25.7 Å². The molecule has 1 aliphatic rings. The van der Waals surface area contributed by atoms with Crippen LogP contribution in [0.4, 0.5) is 11.4 Å². The molecular weight excluding hydrogens is 234 g/mol. The molecule has 0 saturated carbocycles. The predicted molar refractivity (Wildman–Crippen MR) is 81.2 cm³/mol. The minimum absolute atomic E-state index is 0.736. The molecule has 98 valence electrons. The number of fused-ring (bicyclic) bond motifs is 1. The number of nitrogen functional groups attached to an aromatic ring is 1. The van der Waals surface area contributed by atoms with Gasteiger partial charge in [-0.2, -0.15) is 0 Å². The second-order valence-electron chi connectivity index (χ2n) is 5.03. The molecule has 1 heterocycles. The van der Waals surface area contributed by atoms with Crippen LogP contribution in [0.2, 0.25) is 0 Å². The number of benzene rings is 1. The van der Waals surface area contributed by atoms with Crippen molar-refractivity contribution >= 4 is 22.3 Å². The Morgan fingerprint density at radius 2 is 2.21 bits per heavy atom. The Labute approximate surface area is 113 Å². The summed E-state index contributed by atoms with van der Waals surface area (Å²) in [6.07, 6.45) is 9.14. The first-order valence-electron chi connectivity index (χ1n) is 6.89. The van der Waals surface area contributed by atoms with Crippen LogP contribution in [0.5, 0.6) is 0 Å². The van der Waals surface area contributed by atoms with Gasteiger partial charge in [0.2, 0.25) is 0 Å². The zero-order chi connectivity index (χ0) is 13.1. The van der Waals surface area contributed by atoms with Crippen molar-refractivity contribution in [2.24, 2.45) is 0 Å². The van der Waals surface area contributed by atoms with E-state index in [1.165, 1.54) is 19.3 Å². The topological polar surface area (TPSA) is 50.9 Å². The Kier molecular flexibility index (Phi) is 3.36. The normalized spacial score (nSPS) is 14.6. The van der Waals surface area contributed by atoms with Gasteiger partial charge in [-0.05, 0) is 49.9 Å². The van der Waals surface area contributed by atoms with Gasteiger partial charge in [-0.3, -0.25) is 4.98 Å².